The molecule has 0 amide bonds. The van der Waals surface area contributed by atoms with Gasteiger partial charge in [-0.25, -0.2) is 0 Å². The van der Waals surface area contributed by atoms with Gasteiger partial charge >= 0.3 is 5.97 Å². The van der Waals surface area contributed by atoms with Crippen LogP contribution in [0.4, 0.5) is 0 Å². The Morgan fingerprint density at radius 1 is 1.39 bits per heavy atom. The summed E-state index contributed by atoms with van der Waals surface area (Å²) < 4.78 is 4.59. The molecule has 0 spiro atoms. The third kappa shape index (κ3) is 2.97. The molecule has 1 aromatic rings. The Labute approximate surface area is 107 Å². The highest BCUT2D eigenvalue weighted by Gasteiger charge is 2.25. The summed E-state index contributed by atoms with van der Waals surface area (Å²) >= 11 is 0. The molecule has 1 aliphatic carbocycles. The third-order valence-corrected chi connectivity index (χ3v) is 3.37. The molecular weight excluding hydrogens is 228 g/mol. The fourth-order valence-corrected chi connectivity index (χ4v) is 2.07. The van der Waals surface area contributed by atoms with Crippen molar-refractivity contribution in [2.75, 3.05) is 7.11 Å². The first-order valence-electron chi connectivity index (χ1n) is 6.32. The van der Waals surface area contributed by atoms with Crippen LogP contribution in [0.15, 0.2) is 24.3 Å². The number of ketones is 1. The first kappa shape index (κ1) is 12.8. The van der Waals surface area contributed by atoms with Gasteiger partial charge in [-0.3, -0.25) is 9.59 Å². The molecule has 3 heteroatoms. The zero-order chi connectivity index (χ0) is 13.1. The summed E-state index contributed by atoms with van der Waals surface area (Å²) in [6.07, 6.45) is 2.58. The minimum Gasteiger partial charge on any atom is -0.469 e. The number of methoxy groups -OCH3 is 1. The zero-order valence-corrected chi connectivity index (χ0v) is 10.8. The number of carbonyl (C=O) groups excluding carboxylic acids is 2. The number of hydrogen-bond acceptors (Lipinski definition) is 3. The second kappa shape index (κ2) is 5.34. The van der Waals surface area contributed by atoms with Crippen LogP contribution in [0.25, 0.3) is 0 Å². The second-order valence-corrected chi connectivity index (χ2v) is 4.95. The first-order valence-corrected chi connectivity index (χ1v) is 6.32. The Balaban J connectivity index is 2.07. The number of Topliss-reactive ketones (excluding diaryl/α,β-unsaturated/α-hetero) is 1. The summed E-state index contributed by atoms with van der Waals surface area (Å²) in [4.78, 5) is 23.4. The van der Waals surface area contributed by atoms with Crippen LogP contribution in [-0.2, 0) is 9.53 Å². The van der Waals surface area contributed by atoms with E-state index in [1.54, 1.807) is 6.92 Å². The largest absolute Gasteiger partial charge is 0.469 e. The Hall–Kier alpha value is -1.64. The highest BCUT2D eigenvalue weighted by Crippen LogP contribution is 2.40. The van der Waals surface area contributed by atoms with E-state index in [9.17, 15) is 9.59 Å². The Morgan fingerprint density at radius 2 is 2.11 bits per heavy atom. The van der Waals surface area contributed by atoms with Crippen molar-refractivity contribution < 1.29 is 14.3 Å². The normalized spacial score (nSPS) is 16.1. The molecule has 0 heterocycles. The van der Waals surface area contributed by atoms with E-state index in [1.807, 2.05) is 18.2 Å². The van der Waals surface area contributed by atoms with Gasteiger partial charge in [0.15, 0.2) is 5.78 Å². The molecule has 1 fully saturated rings. The van der Waals surface area contributed by atoms with Gasteiger partial charge in [-0.1, -0.05) is 25.1 Å². The molecule has 1 unspecified atom stereocenters. The smallest absolute Gasteiger partial charge is 0.306 e. The van der Waals surface area contributed by atoms with Crippen LogP contribution in [0, 0.1) is 5.92 Å². The standard InChI is InChI=1S/C15H18O3/c1-10(8-14(16)18-2)15(17)13-5-3-4-12(9-13)11-6-7-11/h3-5,9-11H,6-8H2,1-2H3. The molecule has 1 aliphatic rings. The van der Waals surface area contributed by atoms with Gasteiger partial charge in [-0.2, -0.15) is 0 Å². The summed E-state index contributed by atoms with van der Waals surface area (Å²) in [5.41, 5.74) is 1.95. The van der Waals surface area contributed by atoms with Crippen LogP contribution < -0.4 is 0 Å². The number of benzene rings is 1. The maximum atomic E-state index is 12.2. The number of ether oxygens (including phenoxy) is 1. The lowest BCUT2D eigenvalue weighted by molar-refractivity contribution is -0.141. The van der Waals surface area contributed by atoms with Gasteiger partial charge in [0.2, 0.25) is 0 Å². The van der Waals surface area contributed by atoms with Crippen molar-refractivity contribution in [1.29, 1.82) is 0 Å². The van der Waals surface area contributed by atoms with E-state index in [-0.39, 0.29) is 24.1 Å². The van der Waals surface area contributed by atoms with Crippen molar-refractivity contribution in [2.24, 2.45) is 5.92 Å². The van der Waals surface area contributed by atoms with E-state index in [1.165, 1.54) is 25.5 Å². The van der Waals surface area contributed by atoms with E-state index in [0.29, 0.717) is 11.5 Å². The fraction of sp³-hybridized carbons (Fsp3) is 0.467. The van der Waals surface area contributed by atoms with Crippen molar-refractivity contribution in [2.45, 2.75) is 32.1 Å². The van der Waals surface area contributed by atoms with E-state index < -0.39 is 0 Å². The minimum absolute atomic E-state index is 0.0166. The Kier molecular flexibility index (Phi) is 3.80. The van der Waals surface area contributed by atoms with Gasteiger partial charge in [0.05, 0.1) is 13.5 Å². The third-order valence-electron chi connectivity index (χ3n) is 3.37. The monoisotopic (exact) mass is 246 g/mol. The van der Waals surface area contributed by atoms with Crippen molar-refractivity contribution in [1.82, 2.24) is 0 Å². The number of rotatable bonds is 5. The molecule has 0 N–H and O–H groups in total. The SMILES string of the molecule is COC(=O)CC(C)C(=O)c1cccc(C2CC2)c1. The molecule has 0 saturated heterocycles. The van der Waals surface area contributed by atoms with Crippen LogP contribution in [0.2, 0.25) is 0 Å². The van der Waals surface area contributed by atoms with E-state index in [0.717, 1.165) is 0 Å². The van der Waals surface area contributed by atoms with E-state index >= 15 is 0 Å². The summed E-state index contributed by atoms with van der Waals surface area (Å²) in [6, 6.07) is 7.78. The number of hydrogen-bond donors (Lipinski definition) is 0. The number of carbonyl (C=O) groups is 2. The molecule has 2 rings (SSSR count). The molecule has 0 aromatic heterocycles. The highest BCUT2D eigenvalue weighted by atomic mass is 16.5. The number of esters is 1. The topological polar surface area (TPSA) is 43.4 Å². The average molecular weight is 246 g/mol. The van der Waals surface area contributed by atoms with E-state index in [2.05, 4.69) is 10.8 Å². The molecule has 0 radical (unpaired) electrons. The molecule has 3 nitrogen and oxygen atoms in total. The van der Waals surface area contributed by atoms with Gasteiger partial charge < -0.3 is 4.74 Å². The summed E-state index contributed by atoms with van der Waals surface area (Å²) in [5, 5.41) is 0. The van der Waals surface area contributed by atoms with Crippen molar-refractivity contribution in [3.63, 3.8) is 0 Å². The molecular formula is C15H18O3. The van der Waals surface area contributed by atoms with Gasteiger partial charge in [0.1, 0.15) is 0 Å². The average Bonchev–Trinajstić information content (AvgIpc) is 3.22. The lowest BCUT2D eigenvalue weighted by Gasteiger charge is -2.10. The van der Waals surface area contributed by atoms with Crippen LogP contribution in [-0.4, -0.2) is 18.9 Å². The molecule has 0 aliphatic heterocycles. The fourth-order valence-electron chi connectivity index (χ4n) is 2.07. The lowest BCUT2D eigenvalue weighted by Crippen LogP contribution is -2.16. The van der Waals surface area contributed by atoms with Gasteiger partial charge in [0, 0.05) is 11.5 Å². The molecule has 1 aromatic carbocycles. The van der Waals surface area contributed by atoms with Gasteiger partial charge in [-0.15, -0.1) is 0 Å². The van der Waals surface area contributed by atoms with Gasteiger partial charge in [-0.05, 0) is 30.4 Å². The predicted octanol–water partition coefficient (Wildman–Crippen LogP) is 2.95. The van der Waals surface area contributed by atoms with E-state index in [4.69, 9.17) is 0 Å². The highest BCUT2D eigenvalue weighted by molar-refractivity contribution is 5.99. The predicted molar refractivity (Wildman–Crippen MR) is 68.5 cm³/mol. The summed E-state index contributed by atoms with van der Waals surface area (Å²) in [6.45, 7) is 1.77. The Bertz CT molecular complexity index is 461. The maximum absolute atomic E-state index is 12.2. The van der Waals surface area contributed by atoms with Crippen LogP contribution in [0.1, 0.15) is 48.0 Å². The lowest BCUT2D eigenvalue weighted by atomic mass is 9.94. The van der Waals surface area contributed by atoms with Crippen molar-refractivity contribution in [3.8, 4) is 0 Å². The van der Waals surface area contributed by atoms with Crippen LogP contribution in [0.3, 0.4) is 0 Å². The van der Waals surface area contributed by atoms with Crippen LogP contribution >= 0.6 is 0 Å². The first-order chi connectivity index (χ1) is 8.61. The van der Waals surface area contributed by atoms with Crippen molar-refractivity contribution >= 4 is 11.8 Å². The Morgan fingerprint density at radius 3 is 2.72 bits per heavy atom. The van der Waals surface area contributed by atoms with Gasteiger partial charge in [0.25, 0.3) is 0 Å². The molecule has 0 bridgehead atoms. The summed E-state index contributed by atoms with van der Waals surface area (Å²) in [5.74, 6) is -0.0161. The second-order valence-electron chi connectivity index (χ2n) is 4.95. The van der Waals surface area contributed by atoms with Crippen LogP contribution in [0.5, 0.6) is 0 Å². The molecule has 18 heavy (non-hydrogen) atoms. The maximum Gasteiger partial charge on any atom is 0.306 e. The molecule has 96 valence electrons. The van der Waals surface area contributed by atoms with Crippen molar-refractivity contribution in [3.05, 3.63) is 35.4 Å². The molecule has 1 atom stereocenters. The summed E-state index contributed by atoms with van der Waals surface area (Å²) in [7, 11) is 1.34. The minimum atomic E-state index is -0.339. The zero-order valence-electron chi connectivity index (χ0n) is 10.8. The molecule has 1 saturated carbocycles. The quantitative estimate of drug-likeness (QED) is 0.592.